The number of hydrogen-bond donors (Lipinski definition) is 1. The normalized spacial score (nSPS) is 13.7. The molecule has 88 valence electrons. The van der Waals surface area contributed by atoms with Gasteiger partial charge in [-0.1, -0.05) is 19.9 Å². The largest absolute Gasteiger partial charge is 0.350 e. The summed E-state index contributed by atoms with van der Waals surface area (Å²) in [4.78, 5) is 15.7. The van der Waals surface area contributed by atoms with Crippen molar-refractivity contribution < 1.29 is 4.79 Å². The molecule has 0 radical (unpaired) electrons. The second-order valence-electron chi connectivity index (χ2n) is 3.82. The molecule has 0 spiro atoms. The monoisotopic (exact) mass is 220 g/mol. The van der Waals surface area contributed by atoms with Crippen molar-refractivity contribution in [3.63, 3.8) is 0 Å². The Morgan fingerprint density at radius 3 is 2.69 bits per heavy atom. The molecule has 0 bridgehead atoms. The summed E-state index contributed by atoms with van der Waals surface area (Å²) in [5.74, 6) is 0.657. The van der Waals surface area contributed by atoms with Crippen LogP contribution in [0.3, 0.4) is 0 Å². The second kappa shape index (κ2) is 6.26. The molecule has 3 heteroatoms. The molecule has 1 heterocycles. The zero-order chi connectivity index (χ0) is 12.0. The van der Waals surface area contributed by atoms with E-state index in [4.69, 9.17) is 0 Å². The summed E-state index contributed by atoms with van der Waals surface area (Å²) in [6, 6.07) is 5.49. The molecule has 1 aromatic heterocycles. The molecule has 0 unspecified atom stereocenters. The maximum absolute atomic E-state index is 11.6. The molecule has 1 N–H and O–H groups in total. The van der Waals surface area contributed by atoms with E-state index in [2.05, 4.69) is 10.3 Å². The van der Waals surface area contributed by atoms with Crippen LogP contribution in [0.15, 0.2) is 18.2 Å². The van der Waals surface area contributed by atoms with Gasteiger partial charge in [0, 0.05) is 12.2 Å². The van der Waals surface area contributed by atoms with Gasteiger partial charge < -0.3 is 5.32 Å². The summed E-state index contributed by atoms with van der Waals surface area (Å²) in [6.07, 6.45) is 2.50. The van der Waals surface area contributed by atoms with Gasteiger partial charge in [0.25, 0.3) is 5.91 Å². The zero-order valence-corrected chi connectivity index (χ0v) is 10.3. The van der Waals surface area contributed by atoms with Gasteiger partial charge in [0.1, 0.15) is 5.69 Å². The number of carbonyl (C=O) groups is 1. The van der Waals surface area contributed by atoms with Gasteiger partial charge in [-0.2, -0.15) is 0 Å². The van der Waals surface area contributed by atoms with Crippen LogP contribution >= 0.6 is 0 Å². The van der Waals surface area contributed by atoms with Gasteiger partial charge >= 0.3 is 0 Å². The fourth-order valence-corrected chi connectivity index (χ4v) is 1.32. The molecular weight excluding hydrogens is 200 g/mol. The van der Waals surface area contributed by atoms with Crippen molar-refractivity contribution >= 4 is 5.91 Å². The smallest absolute Gasteiger partial charge is 0.269 e. The summed E-state index contributed by atoms with van der Waals surface area (Å²) in [5.41, 5.74) is 1.40. The molecule has 1 saturated carbocycles. The van der Waals surface area contributed by atoms with Crippen molar-refractivity contribution in [3.05, 3.63) is 29.6 Å². The van der Waals surface area contributed by atoms with Crippen LogP contribution in [0.25, 0.3) is 0 Å². The third-order valence-electron chi connectivity index (χ3n) is 2.37. The lowest BCUT2D eigenvalue weighted by molar-refractivity contribution is 0.0946. The summed E-state index contributed by atoms with van der Waals surface area (Å²) in [7, 11) is 0. The van der Waals surface area contributed by atoms with Gasteiger partial charge in [-0.05, 0) is 37.8 Å². The van der Waals surface area contributed by atoms with E-state index in [1.54, 1.807) is 6.07 Å². The van der Waals surface area contributed by atoms with E-state index in [1.807, 2.05) is 32.9 Å². The Hall–Kier alpha value is -1.38. The molecule has 1 amide bonds. The lowest BCUT2D eigenvalue weighted by Crippen LogP contribution is -2.26. The Morgan fingerprint density at radius 2 is 2.12 bits per heavy atom. The molecule has 0 atom stereocenters. The van der Waals surface area contributed by atoms with Gasteiger partial charge in [0.2, 0.25) is 0 Å². The first-order valence-corrected chi connectivity index (χ1v) is 5.97. The van der Waals surface area contributed by atoms with Crippen LogP contribution < -0.4 is 5.32 Å². The topological polar surface area (TPSA) is 42.0 Å². The zero-order valence-electron chi connectivity index (χ0n) is 10.3. The van der Waals surface area contributed by atoms with Crippen LogP contribution in [0.4, 0.5) is 0 Å². The molecule has 3 nitrogen and oxygen atoms in total. The Morgan fingerprint density at radius 1 is 1.44 bits per heavy atom. The fourth-order valence-electron chi connectivity index (χ4n) is 1.32. The minimum atomic E-state index is -0.0550. The molecule has 0 aromatic carbocycles. The van der Waals surface area contributed by atoms with Crippen molar-refractivity contribution in [1.82, 2.24) is 10.3 Å². The highest BCUT2D eigenvalue weighted by molar-refractivity contribution is 5.92. The van der Waals surface area contributed by atoms with Gasteiger partial charge in [0.15, 0.2) is 0 Å². The summed E-state index contributed by atoms with van der Waals surface area (Å²) in [5, 5.41) is 2.89. The van der Waals surface area contributed by atoms with Gasteiger partial charge in [-0.25, -0.2) is 4.98 Å². The van der Waals surface area contributed by atoms with Crippen LogP contribution in [-0.2, 0) is 0 Å². The third kappa shape index (κ3) is 4.01. The minimum absolute atomic E-state index is 0.0550. The predicted octanol–water partition coefficient (Wildman–Crippen LogP) is 2.56. The summed E-state index contributed by atoms with van der Waals surface area (Å²) in [6.45, 7) is 6.69. The molecule has 0 aliphatic heterocycles. The van der Waals surface area contributed by atoms with Gasteiger partial charge in [-0.15, -0.1) is 0 Å². The molecule has 1 aliphatic rings. The number of pyridine rings is 1. The highest BCUT2D eigenvalue weighted by atomic mass is 16.1. The van der Waals surface area contributed by atoms with Crippen molar-refractivity contribution in [2.24, 2.45) is 5.92 Å². The summed E-state index contributed by atoms with van der Waals surface area (Å²) < 4.78 is 0. The highest BCUT2D eigenvalue weighted by Gasteiger charge is 2.21. The molecule has 0 saturated heterocycles. The summed E-state index contributed by atoms with van der Waals surface area (Å²) >= 11 is 0. The van der Waals surface area contributed by atoms with Gasteiger partial charge in [-0.3, -0.25) is 4.79 Å². The number of aryl methyl sites for hydroxylation is 1. The van der Waals surface area contributed by atoms with Crippen LogP contribution in [0.5, 0.6) is 0 Å². The molecular formula is C13H20N2O. The lowest BCUT2D eigenvalue weighted by atomic mass is 10.3. The molecule has 1 aromatic rings. The Labute approximate surface area is 97.3 Å². The van der Waals surface area contributed by atoms with Gasteiger partial charge in [0.05, 0.1) is 0 Å². The van der Waals surface area contributed by atoms with Crippen LogP contribution in [0.1, 0.15) is 42.9 Å². The van der Waals surface area contributed by atoms with Crippen LogP contribution in [0, 0.1) is 12.8 Å². The van der Waals surface area contributed by atoms with E-state index >= 15 is 0 Å². The molecule has 16 heavy (non-hydrogen) atoms. The lowest BCUT2D eigenvalue weighted by Gasteiger charge is -2.03. The molecule has 2 rings (SSSR count). The van der Waals surface area contributed by atoms with E-state index in [9.17, 15) is 4.79 Å². The number of aromatic nitrogens is 1. The Balaban J connectivity index is 0.000000606. The first-order chi connectivity index (χ1) is 7.75. The van der Waals surface area contributed by atoms with E-state index in [-0.39, 0.29) is 5.91 Å². The number of rotatable bonds is 3. The van der Waals surface area contributed by atoms with Crippen LogP contribution in [-0.4, -0.2) is 17.4 Å². The van der Waals surface area contributed by atoms with Crippen molar-refractivity contribution in [1.29, 1.82) is 0 Å². The fraction of sp³-hybridized carbons (Fsp3) is 0.538. The minimum Gasteiger partial charge on any atom is -0.350 e. The maximum Gasteiger partial charge on any atom is 0.269 e. The standard InChI is InChI=1S/C11H14N2O.C2H6/c1-8-3-2-4-10(13-8)11(14)12-7-9-5-6-9;1-2/h2-4,9H,5-7H2,1H3,(H,12,14);1-2H3. The highest BCUT2D eigenvalue weighted by Crippen LogP contribution is 2.27. The van der Waals surface area contributed by atoms with E-state index in [0.29, 0.717) is 11.6 Å². The van der Waals surface area contributed by atoms with Crippen molar-refractivity contribution in [2.75, 3.05) is 6.54 Å². The Bertz CT molecular complexity index is 346. The first kappa shape index (κ1) is 12.7. The third-order valence-corrected chi connectivity index (χ3v) is 2.37. The maximum atomic E-state index is 11.6. The quantitative estimate of drug-likeness (QED) is 0.850. The molecule has 1 fully saturated rings. The molecule has 1 aliphatic carbocycles. The Kier molecular flexibility index (Phi) is 4.96. The number of amides is 1. The van der Waals surface area contributed by atoms with E-state index in [1.165, 1.54) is 12.8 Å². The average molecular weight is 220 g/mol. The number of carbonyl (C=O) groups excluding carboxylic acids is 1. The number of hydrogen-bond acceptors (Lipinski definition) is 2. The first-order valence-electron chi connectivity index (χ1n) is 5.97. The second-order valence-corrected chi connectivity index (χ2v) is 3.82. The SMILES string of the molecule is CC.Cc1cccc(C(=O)NCC2CC2)n1. The van der Waals surface area contributed by atoms with Crippen molar-refractivity contribution in [2.45, 2.75) is 33.6 Å². The van der Waals surface area contributed by atoms with Crippen molar-refractivity contribution in [3.8, 4) is 0 Å². The predicted molar refractivity (Wildman–Crippen MR) is 65.4 cm³/mol. The van der Waals surface area contributed by atoms with E-state index < -0.39 is 0 Å². The number of nitrogens with one attached hydrogen (secondary N) is 1. The van der Waals surface area contributed by atoms with E-state index in [0.717, 1.165) is 12.2 Å². The van der Waals surface area contributed by atoms with Crippen LogP contribution in [0.2, 0.25) is 0 Å². The number of nitrogens with zero attached hydrogens (tertiary/aromatic N) is 1. The average Bonchev–Trinajstić information content (AvgIpc) is 3.12.